The van der Waals surface area contributed by atoms with Gasteiger partial charge in [0.15, 0.2) is 0 Å². The van der Waals surface area contributed by atoms with Gasteiger partial charge in [-0.15, -0.1) is 0 Å². The van der Waals surface area contributed by atoms with Crippen molar-refractivity contribution in [3.05, 3.63) is 54.6 Å². The van der Waals surface area contributed by atoms with Crippen molar-refractivity contribution in [3.8, 4) is 17.2 Å². The van der Waals surface area contributed by atoms with Crippen molar-refractivity contribution in [1.82, 2.24) is 0 Å². The molecule has 0 bridgehead atoms. The standard InChI is InChI=1S/C15H15NO3/c1-11(16)15(17)19-14-9-7-13(8-10-14)18-12-5-3-2-4-6-12/h2-11H,16H2,1H3. The van der Waals surface area contributed by atoms with Crippen molar-refractivity contribution in [2.45, 2.75) is 13.0 Å². The topological polar surface area (TPSA) is 61.6 Å². The number of ether oxygens (including phenoxy) is 2. The molecule has 0 aliphatic rings. The van der Waals surface area contributed by atoms with Gasteiger partial charge in [-0.1, -0.05) is 18.2 Å². The van der Waals surface area contributed by atoms with E-state index in [1.54, 1.807) is 31.2 Å². The molecule has 0 aliphatic heterocycles. The Labute approximate surface area is 111 Å². The van der Waals surface area contributed by atoms with E-state index in [0.717, 1.165) is 5.75 Å². The van der Waals surface area contributed by atoms with Crippen LogP contribution in [0.4, 0.5) is 0 Å². The minimum absolute atomic E-state index is 0.447. The van der Waals surface area contributed by atoms with Gasteiger partial charge in [0.25, 0.3) is 0 Å². The molecule has 4 heteroatoms. The first-order chi connectivity index (χ1) is 9.15. The number of carbonyl (C=O) groups excluding carboxylic acids is 1. The van der Waals surface area contributed by atoms with Crippen LogP contribution in [0.15, 0.2) is 54.6 Å². The Morgan fingerprint density at radius 2 is 1.47 bits per heavy atom. The Balaban J connectivity index is 2.01. The number of carbonyl (C=O) groups is 1. The van der Waals surface area contributed by atoms with E-state index in [9.17, 15) is 4.79 Å². The normalized spacial score (nSPS) is 11.7. The second-order valence-corrected chi connectivity index (χ2v) is 4.10. The van der Waals surface area contributed by atoms with Crippen LogP contribution in [0.1, 0.15) is 6.92 Å². The average molecular weight is 257 g/mol. The second-order valence-electron chi connectivity index (χ2n) is 4.10. The van der Waals surface area contributed by atoms with Gasteiger partial charge in [-0.25, -0.2) is 4.79 Å². The molecule has 0 fully saturated rings. The molecule has 0 spiro atoms. The highest BCUT2D eigenvalue weighted by molar-refractivity contribution is 5.77. The first-order valence-electron chi connectivity index (χ1n) is 5.95. The quantitative estimate of drug-likeness (QED) is 0.675. The molecule has 1 atom stereocenters. The first-order valence-corrected chi connectivity index (χ1v) is 5.95. The van der Waals surface area contributed by atoms with E-state index in [4.69, 9.17) is 15.2 Å². The van der Waals surface area contributed by atoms with E-state index >= 15 is 0 Å². The number of hydrogen-bond donors (Lipinski definition) is 1. The van der Waals surface area contributed by atoms with E-state index in [1.165, 1.54) is 0 Å². The summed E-state index contributed by atoms with van der Waals surface area (Å²) in [5.74, 6) is 1.41. The molecule has 1 unspecified atom stereocenters. The monoisotopic (exact) mass is 257 g/mol. The van der Waals surface area contributed by atoms with E-state index in [2.05, 4.69) is 0 Å². The van der Waals surface area contributed by atoms with Crippen LogP contribution < -0.4 is 15.2 Å². The van der Waals surface area contributed by atoms with Crippen molar-refractivity contribution >= 4 is 5.97 Å². The van der Waals surface area contributed by atoms with Gasteiger partial charge in [0, 0.05) is 0 Å². The molecular formula is C15H15NO3. The number of esters is 1. The van der Waals surface area contributed by atoms with Crippen LogP contribution >= 0.6 is 0 Å². The summed E-state index contributed by atoms with van der Waals surface area (Å²) >= 11 is 0. The van der Waals surface area contributed by atoms with Gasteiger partial charge < -0.3 is 15.2 Å². The van der Waals surface area contributed by atoms with E-state index < -0.39 is 12.0 Å². The zero-order chi connectivity index (χ0) is 13.7. The van der Waals surface area contributed by atoms with Crippen molar-refractivity contribution in [1.29, 1.82) is 0 Å². The number of para-hydroxylation sites is 1. The highest BCUT2D eigenvalue weighted by Crippen LogP contribution is 2.23. The molecule has 2 aromatic carbocycles. The maximum atomic E-state index is 11.3. The number of rotatable bonds is 4. The minimum Gasteiger partial charge on any atom is -0.457 e. The van der Waals surface area contributed by atoms with Crippen LogP contribution in [-0.2, 0) is 4.79 Å². The van der Waals surface area contributed by atoms with Crippen molar-refractivity contribution in [2.24, 2.45) is 5.73 Å². The Morgan fingerprint density at radius 3 is 2.05 bits per heavy atom. The molecular weight excluding hydrogens is 242 g/mol. The predicted molar refractivity (Wildman–Crippen MR) is 72.2 cm³/mol. The fraction of sp³-hybridized carbons (Fsp3) is 0.133. The molecule has 0 aliphatic carbocycles. The van der Waals surface area contributed by atoms with Gasteiger partial charge >= 0.3 is 5.97 Å². The van der Waals surface area contributed by atoms with Crippen molar-refractivity contribution in [3.63, 3.8) is 0 Å². The van der Waals surface area contributed by atoms with Gasteiger partial charge in [-0.2, -0.15) is 0 Å². The Bertz CT molecular complexity index is 535. The first kappa shape index (κ1) is 13.1. The average Bonchev–Trinajstić information content (AvgIpc) is 2.42. The lowest BCUT2D eigenvalue weighted by atomic mass is 10.3. The molecule has 0 radical (unpaired) electrons. The number of hydrogen-bond acceptors (Lipinski definition) is 4. The summed E-state index contributed by atoms with van der Waals surface area (Å²) in [5.41, 5.74) is 5.42. The SMILES string of the molecule is CC(N)C(=O)Oc1ccc(Oc2ccccc2)cc1. The third kappa shape index (κ3) is 3.82. The fourth-order valence-corrected chi connectivity index (χ4v) is 1.41. The third-order valence-corrected chi connectivity index (χ3v) is 2.39. The maximum Gasteiger partial charge on any atom is 0.328 e. The Kier molecular flexibility index (Phi) is 4.15. The highest BCUT2D eigenvalue weighted by atomic mass is 16.5. The van der Waals surface area contributed by atoms with Crippen LogP contribution in [0.25, 0.3) is 0 Å². The molecule has 98 valence electrons. The van der Waals surface area contributed by atoms with E-state index in [1.807, 2.05) is 30.3 Å². The number of benzene rings is 2. The van der Waals surface area contributed by atoms with Gasteiger partial charge in [-0.3, -0.25) is 0 Å². The zero-order valence-corrected chi connectivity index (χ0v) is 10.6. The van der Waals surface area contributed by atoms with E-state index in [-0.39, 0.29) is 0 Å². The van der Waals surface area contributed by atoms with Crippen LogP contribution in [0.2, 0.25) is 0 Å². The molecule has 0 heterocycles. The second kappa shape index (κ2) is 6.02. The lowest BCUT2D eigenvalue weighted by Gasteiger charge is -2.08. The smallest absolute Gasteiger partial charge is 0.328 e. The molecule has 2 rings (SSSR count). The molecule has 0 saturated carbocycles. The maximum absolute atomic E-state index is 11.3. The molecule has 2 aromatic rings. The molecule has 19 heavy (non-hydrogen) atoms. The summed E-state index contributed by atoms with van der Waals surface area (Å²) in [4.78, 5) is 11.3. The molecule has 0 aromatic heterocycles. The molecule has 0 saturated heterocycles. The van der Waals surface area contributed by atoms with Crippen LogP contribution in [0.3, 0.4) is 0 Å². The summed E-state index contributed by atoms with van der Waals surface area (Å²) in [5, 5.41) is 0. The minimum atomic E-state index is -0.639. The predicted octanol–water partition coefficient (Wildman–Crippen LogP) is 2.73. The summed E-state index contributed by atoms with van der Waals surface area (Å²) in [7, 11) is 0. The largest absolute Gasteiger partial charge is 0.457 e. The van der Waals surface area contributed by atoms with Crippen LogP contribution in [-0.4, -0.2) is 12.0 Å². The summed E-state index contributed by atoms with van der Waals surface area (Å²) in [6, 6.07) is 15.6. The third-order valence-electron chi connectivity index (χ3n) is 2.39. The Morgan fingerprint density at radius 1 is 0.947 bits per heavy atom. The highest BCUT2D eigenvalue weighted by Gasteiger charge is 2.09. The Hall–Kier alpha value is -2.33. The zero-order valence-electron chi connectivity index (χ0n) is 10.6. The summed E-state index contributed by atoms with van der Waals surface area (Å²) in [6.45, 7) is 1.58. The fourth-order valence-electron chi connectivity index (χ4n) is 1.41. The van der Waals surface area contributed by atoms with Gasteiger partial charge in [0.05, 0.1) is 0 Å². The van der Waals surface area contributed by atoms with Crippen molar-refractivity contribution in [2.75, 3.05) is 0 Å². The van der Waals surface area contributed by atoms with Gasteiger partial charge in [-0.05, 0) is 43.3 Å². The number of nitrogens with two attached hydrogens (primary N) is 1. The van der Waals surface area contributed by atoms with Gasteiger partial charge in [0.2, 0.25) is 0 Å². The van der Waals surface area contributed by atoms with Crippen molar-refractivity contribution < 1.29 is 14.3 Å². The van der Waals surface area contributed by atoms with Gasteiger partial charge in [0.1, 0.15) is 23.3 Å². The van der Waals surface area contributed by atoms with Crippen LogP contribution in [0, 0.1) is 0 Å². The van der Waals surface area contributed by atoms with Crippen LogP contribution in [0.5, 0.6) is 17.2 Å². The summed E-state index contributed by atoms with van der Waals surface area (Å²) in [6.07, 6.45) is 0. The molecule has 2 N–H and O–H groups in total. The van der Waals surface area contributed by atoms with E-state index in [0.29, 0.717) is 11.5 Å². The lowest BCUT2D eigenvalue weighted by molar-refractivity contribution is -0.135. The summed E-state index contributed by atoms with van der Waals surface area (Å²) < 4.78 is 10.7. The lowest BCUT2D eigenvalue weighted by Crippen LogP contribution is -2.30. The molecule has 0 amide bonds. The molecule has 4 nitrogen and oxygen atoms in total.